The molecule has 2 aromatic heterocycles. The van der Waals surface area contributed by atoms with Crippen molar-refractivity contribution in [1.29, 1.82) is 0 Å². The van der Waals surface area contributed by atoms with Gasteiger partial charge in [-0.15, -0.1) is 5.10 Å². The molecule has 1 aliphatic carbocycles. The Bertz CT molecular complexity index is 1450. The van der Waals surface area contributed by atoms with E-state index in [0.29, 0.717) is 47.8 Å². The summed E-state index contributed by atoms with van der Waals surface area (Å²) in [6, 6.07) is 14.7. The molecule has 1 amide bonds. The van der Waals surface area contributed by atoms with E-state index in [-0.39, 0.29) is 17.8 Å². The molecule has 10 nitrogen and oxygen atoms in total. The number of hydrogen-bond donors (Lipinski definition) is 2. The van der Waals surface area contributed by atoms with Crippen molar-refractivity contribution in [3.63, 3.8) is 0 Å². The summed E-state index contributed by atoms with van der Waals surface area (Å²) in [6.07, 6.45) is 7.04. The lowest BCUT2D eigenvalue weighted by Crippen LogP contribution is -2.29. The predicted octanol–water partition coefficient (Wildman–Crippen LogP) is 3.43. The molecule has 194 valence electrons. The number of carbonyl (C=O) groups is 2. The van der Waals surface area contributed by atoms with Crippen molar-refractivity contribution in [1.82, 2.24) is 35.5 Å². The largest absolute Gasteiger partial charge is 0.469 e. The number of H-pyrrole nitrogens is 1. The molecule has 0 aliphatic heterocycles. The van der Waals surface area contributed by atoms with Crippen molar-refractivity contribution in [2.75, 3.05) is 7.11 Å². The van der Waals surface area contributed by atoms with Gasteiger partial charge in [0.25, 0.3) is 0 Å². The molecule has 5 rings (SSSR count). The second kappa shape index (κ2) is 11.4. The predicted molar refractivity (Wildman–Crippen MR) is 140 cm³/mol. The van der Waals surface area contributed by atoms with Gasteiger partial charge < -0.3 is 15.0 Å². The van der Waals surface area contributed by atoms with Gasteiger partial charge in [-0.1, -0.05) is 41.9 Å². The van der Waals surface area contributed by atoms with Crippen LogP contribution in [0.3, 0.4) is 0 Å². The normalized spacial score (nSPS) is 15.7. The molecule has 0 radical (unpaired) electrons. The number of amides is 1. The second-order valence-electron chi connectivity index (χ2n) is 9.05. The van der Waals surface area contributed by atoms with Crippen molar-refractivity contribution < 1.29 is 14.3 Å². The molecule has 38 heavy (non-hydrogen) atoms. The number of hydrogen-bond acceptors (Lipinski definition) is 7. The average Bonchev–Trinajstić information content (AvgIpc) is 3.62. The lowest BCUT2D eigenvalue weighted by Gasteiger charge is -2.18. The first-order chi connectivity index (χ1) is 18.5. The van der Waals surface area contributed by atoms with Crippen LogP contribution in [0.1, 0.15) is 40.8 Å². The number of fused-ring (bicyclic) bond motifs is 1. The SMILES string of the molecule is COC(=O)C1CCc2nc(C(Cc3ccccc3)NC(=O)/C=C/c3cc(Cl)ccc3-n3cnnn3)[nH]c2C1. The van der Waals surface area contributed by atoms with E-state index < -0.39 is 6.04 Å². The molecule has 1 aliphatic rings. The van der Waals surface area contributed by atoms with Gasteiger partial charge in [0.2, 0.25) is 5.91 Å². The zero-order valence-electron chi connectivity index (χ0n) is 20.7. The maximum Gasteiger partial charge on any atom is 0.309 e. The number of aromatic nitrogens is 6. The van der Waals surface area contributed by atoms with E-state index in [0.717, 1.165) is 17.0 Å². The Morgan fingerprint density at radius 3 is 2.87 bits per heavy atom. The van der Waals surface area contributed by atoms with Gasteiger partial charge >= 0.3 is 5.97 Å². The first kappa shape index (κ1) is 25.3. The number of methoxy groups -OCH3 is 1. The highest BCUT2D eigenvalue weighted by atomic mass is 35.5. The molecular formula is C27H26ClN7O3. The van der Waals surface area contributed by atoms with Crippen LogP contribution < -0.4 is 5.32 Å². The third-order valence-corrected chi connectivity index (χ3v) is 6.76. The van der Waals surface area contributed by atoms with Crippen molar-refractivity contribution >= 4 is 29.6 Å². The van der Waals surface area contributed by atoms with Crippen molar-refractivity contribution in [3.8, 4) is 5.69 Å². The number of carbonyl (C=O) groups excluding carboxylic acids is 2. The fraction of sp³-hybridized carbons (Fsp3) is 0.259. The zero-order valence-corrected chi connectivity index (χ0v) is 21.4. The summed E-state index contributed by atoms with van der Waals surface area (Å²) in [6.45, 7) is 0. The van der Waals surface area contributed by atoms with Crippen LogP contribution in [0.25, 0.3) is 11.8 Å². The molecule has 0 bridgehead atoms. The molecule has 2 atom stereocenters. The first-order valence-electron chi connectivity index (χ1n) is 12.2. The lowest BCUT2D eigenvalue weighted by molar-refractivity contribution is -0.145. The average molecular weight is 532 g/mol. The number of tetrazole rings is 1. The van der Waals surface area contributed by atoms with Crippen molar-refractivity contribution in [2.45, 2.75) is 31.7 Å². The monoisotopic (exact) mass is 531 g/mol. The Balaban J connectivity index is 1.38. The number of halogens is 1. The van der Waals surface area contributed by atoms with Crippen LogP contribution in [0.4, 0.5) is 0 Å². The van der Waals surface area contributed by atoms with Gasteiger partial charge in [-0.25, -0.2) is 4.98 Å². The van der Waals surface area contributed by atoms with Crippen molar-refractivity contribution in [3.05, 3.63) is 94.3 Å². The number of nitrogens with one attached hydrogen (secondary N) is 2. The van der Waals surface area contributed by atoms with E-state index in [1.807, 2.05) is 30.3 Å². The number of nitrogens with zero attached hydrogens (tertiary/aromatic N) is 5. The standard InChI is InChI=1S/C27H26ClN7O3/c1-38-27(37)19-7-10-21-22(15-19)32-26(31-21)23(13-17-5-3-2-4-6-17)30-25(36)12-8-18-14-20(28)9-11-24(18)35-16-29-33-34-35/h2-6,8-9,11-12,14,16,19,23H,7,10,13,15H2,1H3,(H,30,36)(H,31,32)/b12-8+. The number of rotatable bonds is 8. The molecule has 2 unspecified atom stereocenters. The summed E-state index contributed by atoms with van der Waals surface area (Å²) in [4.78, 5) is 33.4. The number of aromatic amines is 1. The molecule has 2 aromatic carbocycles. The van der Waals surface area contributed by atoms with E-state index in [1.165, 1.54) is 24.2 Å². The van der Waals surface area contributed by atoms with E-state index in [1.54, 1.807) is 24.3 Å². The van der Waals surface area contributed by atoms with Crippen LogP contribution in [0.15, 0.2) is 60.9 Å². The van der Waals surface area contributed by atoms with E-state index in [9.17, 15) is 9.59 Å². The number of imidazole rings is 1. The topological polar surface area (TPSA) is 128 Å². The van der Waals surface area contributed by atoms with Gasteiger partial charge in [0.05, 0.1) is 30.5 Å². The third kappa shape index (κ3) is 5.81. The highest BCUT2D eigenvalue weighted by Crippen LogP contribution is 2.27. The fourth-order valence-corrected chi connectivity index (χ4v) is 4.81. The Morgan fingerprint density at radius 2 is 2.11 bits per heavy atom. The van der Waals surface area contributed by atoms with Gasteiger partial charge in [-0.05, 0) is 59.5 Å². The highest BCUT2D eigenvalue weighted by molar-refractivity contribution is 6.30. The van der Waals surface area contributed by atoms with Gasteiger partial charge in [0, 0.05) is 28.8 Å². The minimum Gasteiger partial charge on any atom is -0.469 e. The summed E-state index contributed by atoms with van der Waals surface area (Å²) in [7, 11) is 1.41. The Kier molecular flexibility index (Phi) is 7.60. The van der Waals surface area contributed by atoms with E-state index >= 15 is 0 Å². The van der Waals surface area contributed by atoms with Crippen LogP contribution in [0.5, 0.6) is 0 Å². The van der Waals surface area contributed by atoms with Crippen LogP contribution in [0.2, 0.25) is 5.02 Å². The first-order valence-corrected chi connectivity index (χ1v) is 12.6. The molecule has 0 saturated heterocycles. The minimum atomic E-state index is -0.407. The quantitative estimate of drug-likeness (QED) is 0.263. The molecular weight excluding hydrogens is 506 g/mol. The van der Waals surface area contributed by atoms with Crippen LogP contribution >= 0.6 is 11.6 Å². The van der Waals surface area contributed by atoms with Crippen LogP contribution in [-0.4, -0.2) is 49.2 Å². The third-order valence-electron chi connectivity index (χ3n) is 6.53. The molecule has 11 heteroatoms. The maximum absolute atomic E-state index is 13.1. The number of ether oxygens (including phenoxy) is 1. The molecule has 0 spiro atoms. The molecule has 0 fully saturated rings. The van der Waals surface area contributed by atoms with Gasteiger partial charge in [-0.2, -0.15) is 4.68 Å². The molecule has 2 heterocycles. The Morgan fingerprint density at radius 1 is 1.26 bits per heavy atom. The van der Waals surface area contributed by atoms with Gasteiger partial charge in [0.15, 0.2) is 0 Å². The number of esters is 1. The minimum absolute atomic E-state index is 0.196. The summed E-state index contributed by atoms with van der Waals surface area (Å²) >= 11 is 6.20. The Hall–Kier alpha value is -4.31. The van der Waals surface area contributed by atoms with Crippen LogP contribution in [-0.2, 0) is 33.6 Å². The summed E-state index contributed by atoms with van der Waals surface area (Å²) in [5, 5.41) is 14.9. The number of aryl methyl sites for hydroxylation is 1. The van der Waals surface area contributed by atoms with E-state index in [2.05, 4.69) is 25.8 Å². The summed E-state index contributed by atoms with van der Waals surface area (Å²) in [5.41, 5.74) is 4.26. The molecule has 2 N–H and O–H groups in total. The fourth-order valence-electron chi connectivity index (χ4n) is 4.63. The second-order valence-corrected chi connectivity index (χ2v) is 9.49. The summed E-state index contributed by atoms with van der Waals surface area (Å²) < 4.78 is 6.44. The maximum atomic E-state index is 13.1. The van der Waals surface area contributed by atoms with E-state index in [4.69, 9.17) is 21.3 Å². The van der Waals surface area contributed by atoms with Crippen molar-refractivity contribution in [2.24, 2.45) is 5.92 Å². The summed E-state index contributed by atoms with van der Waals surface area (Å²) in [5.74, 6) is -0.0512. The molecule has 0 saturated carbocycles. The number of benzene rings is 2. The van der Waals surface area contributed by atoms with Gasteiger partial charge in [-0.3, -0.25) is 9.59 Å². The smallest absolute Gasteiger partial charge is 0.309 e. The van der Waals surface area contributed by atoms with Gasteiger partial charge in [0.1, 0.15) is 12.2 Å². The molecule has 4 aromatic rings. The van der Waals surface area contributed by atoms with Crippen LogP contribution in [0, 0.1) is 5.92 Å². The highest BCUT2D eigenvalue weighted by Gasteiger charge is 2.29. The Labute approximate surface area is 224 Å². The lowest BCUT2D eigenvalue weighted by atomic mass is 9.90. The zero-order chi connectivity index (χ0) is 26.5.